The zero-order valence-corrected chi connectivity index (χ0v) is 11.9. The number of alkyl halides is 1. The van der Waals surface area contributed by atoms with Crippen LogP contribution in [0.15, 0.2) is 18.2 Å². The topological polar surface area (TPSA) is 12.0 Å². The fourth-order valence-electron chi connectivity index (χ4n) is 1.60. The van der Waals surface area contributed by atoms with Crippen LogP contribution in [-0.4, -0.2) is 11.0 Å². The molecule has 0 spiro atoms. The van der Waals surface area contributed by atoms with Crippen LogP contribution in [0.4, 0.5) is 4.39 Å². The summed E-state index contributed by atoms with van der Waals surface area (Å²) < 4.78 is 14.1. The highest BCUT2D eigenvalue weighted by Crippen LogP contribution is 2.09. The minimum Gasteiger partial charge on any atom is -0.313 e. The smallest absolute Gasteiger partial charge is 0.123 e. The van der Waals surface area contributed by atoms with Crippen molar-refractivity contribution in [3.63, 3.8) is 0 Å². The monoisotopic (exact) mass is 335 g/mol. The van der Waals surface area contributed by atoms with E-state index in [1.807, 2.05) is 13.0 Å². The summed E-state index contributed by atoms with van der Waals surface area (Å²) in [7, 11) is 0. The number of aryl methyl sites for hydroxylation is 1. The molecule has 0 atom stereocenters. The van der Waals surface area contributed by atoms with Crippen molar-refractivity contribution in [2.45, 2.75) is 32.7 Å². The molecular formula is C13H19FIN. The highest BCUT2D eigenvalue weighted by Gasteiger charge is 1.99. The molecule has 0 aliphatic rings. The van der Waals surface area contributed by atoms with Crippen molar-refractivity contribution < 1.29 is 4.39 Å². The second kappa shape index (κ2) is 8.01. The molecule has 1 aromatic carbocycles. The molecule has 1 aromatic rings. The molecule has 0 saturated heterocycles. The summed E-state index contributed by atoms with van der Waals surface area (Å²) in [5.74, 6) is -0.150. The first-order valence-electron chi connectivity index (χ1n) is 5.75. The zero-order chi connectivity index (χ0) is 11.8. The summed E-state index contributed by atoms with van der Waals surface area (Å²) in [6.45, 7) is 3.85. The van der Waals surface area contributed by atoms with E-state index in [2.05, 4.69) is 27.9 Å². The van der Waals surface area contributed by atoms with E-state index in [4.69, 9.17) is 0 Å². The molecule has 0 unspecified atom stereocenters. The van der Waals surface area contributed by atoms with Gasteiger partial charge in [0.05, 0.1) is 0 Å². The van der Waals surface area contributed by atoms with Crippen molar-refractivity contribution >= 4 is 22.6 Å². The van der Waals surface area contributed by atoms with Crippen LogP contribution in [-0.2, 0) is 6.54 Å². The first kappa shape index (κ1) is 13.9. The molecule has 1 rings (SSSR count). The fraction of sp³-hybridized carbons (Fsp3) is 0.538. The Morgan fingerprint density at radius 1 is 1.25 bits per heavy atom. The Bertz CT molecular complexity index is 315. The summed E-state index contributed by atoms with van der Waals surface area (Å²) in [6.07, 6.45) is 3.82. The SMILES string of the molecule is Cc1cc(F)ccc1CNCCCCCI. The van der Waals surface area contributed by atoms with Crippen molar-refractivity contribution in [3.8, 4) is 0 Å². The van der Waals surface area contributed by atoms with Crippen molar-refractivity contribution in [3.05, 3.63) is 35.1 Å². The van der Waals surface area contributed by atoms with E-state index < -0.39 is 0 Å². The van der Waals surface area contributed by atoms with Crippen molar-refractivity contribution in [1.82, 2.24) is 5.32 Å². The molecule has 1 nitrogen and oxygen atoms in total. The van der Waals surface area contributed by atoms with Crippen LogP contribution in [0.5, 0.6) is 0 Å². The standard InChI is InChI=1S/C13H19FIN/c1-11-9-13(14)6-5-12(11)10-16-8-4-2-3-7-15/h5-6,9,16H,2-4,7-8,10H2,1H3. The Kier molecular flexibility index (Phi) is 6.96. The number of hydrogen-bond donors (Lipinski definition) is 1. The Hall–Kier alpha value is -0.160. The second-order valence-electron chi connectivity index (χ2n) is 4.00. The molecule has 1 N–H and O–H groups in total. The minimum atomic E-state index is -0.150. The van der Waals surface area contributed by atoms with Gasteiger partial charge in [0.2, 0.25) is 0 Å². The maximum absolute atomic E-state index is 12.9. The summed E-state index contributed by atoms with van der Waals surface area (Å²) in [5.41, 5.74) is 2.22. The van der Waals surface area contributed by atoms with Gasteiger partial charge in [0.15, 0.2) is 0 Å². The van der Waals surface area contributed by atoms with Gasteiger partial charge < -0.3 is 5.32 Å². The Balaban J connectivity index is 2.21. The van der Waals surface area contributed by atoms with Crippen molar-refractivity contribution in [2.24, 2.45) is 0 Å². The number of halogens is 2. The number of nitrogens with one attached hydrogen (secondary N) is 1. The first-order chi connectivity index (χ1) is 7.74. The molecule has 0 amide bonds. The lowest BCUT2D eigenvalue weighted by atomic mass is 10.1. The molecule has 90 valence electrons. The second-order valence-corrected chi connectivity index (χ2v) is 5.08. The van der Waals surface area contributed by atoms with Crippen LogP contribution in [0.2, 0.25) is 0 Å². The van der Waals surface area contributed by atoms with E-state index in [9.17, 15) is 4.39 Å². The Morgan fingerprint density at radius 3 is 2.75 bits per heavy atom. The molecule has 0 aromatic heterocycles. The Labute approximate surface area is 111 Å². The van der Waals surface area contributed by atoms with E-state index in [-0.39, 0.29) is 5.82 Å². The van der Waals surface area contributed by atoms with Gasteiger partial charge in [-0.3, -0.25) is 0 Å². The molecule has 0 aliphatic heterocycles. The van der Waals surface area contributed by atoms with E-state index in [0.717, 1.165) is 18.7 Å². The molecule has 0 fully saturated rings. The summed E-state index contributed by atoms with van der Waals surface area (Å²) in [6, 6.07) is 4.98. The van der Waals surface area contributed by atoms with Gasteiger partial charge in [-0.15, -0.1) is 0 Å². The molecule has 0 bridgehead atoms. The van der Waals surface area contributed by atoms with Gasteiger partial charge >= 0.3 is 0 Å². The van der Waals surface area contributed by atoms with Crippen LogP contribution >= 0.6 is 22.6 Å². The Morgan fingerprint density at radius 2 is 2.06 bits per heavy atom. The number of rotatable bonds is 7. The summed E-state index contributed by atoms with van der Waals surface area (Å²) in [5, 5.41) is 3.40. The normalized spacial score (nSPS) is 10.7. The summed E-state index contributed by atoms with van der Waals surface area (Å²) >= 11 is 2.41. The highest BCUT2D eigenvalue weighted by atomic mass is 127. The number of hydrogen-bond acceptors (Lipinski definition) is 1. The van der Waals surface area contributed by atoms with Crippen LogP contribution in [0, 0.1) is 12.7 Å². The third kappa shape index (κ3) is 5.25. The lowest BCUT2D eigenvalue weighted by molar-refractivity contribution is 0.611. The van der Waals surface area contributed by atoms with Gasteiger partial charge in [0.25, 0.3) is 0 Å². The maximum atomic E-state index is 12.9. The number of benzene rings is 1. The number of unbranched alkanes of at least 4 members (excludes halogenated alkanes) is 2. The van der Waals surface area contributed by atoms with E-state index in [1.165, 1.54) is 35.3 Å². The van der Waals surface area contributed by atoms with Gasteiger partial charge in [-0.2, -0.15) is 0 Å². The van der Waals surface area contributed by atoms with Gasteiger partial charge in [0, 0.05) is 6.54 Å². The maximum Gasteiger partial charge on any atom is 0.123 e. The zero-order valence-electron chi connectivity index (χ0n) is 9.73. The molecule has 16 heavy (non-hydrogen) atoms. The largest absolute Gasteiger partial charge is 0.313 e. The average molecular weight is 335 g/mol. The predicted octanol–water partition coefficient (Wildman–Crippen LogP) is 3.83. The van der Waals surface area contributed by atoms with Gasteiger partial charge in [-0.05, 0) is 54.0 Å². The average Bonchev–Trinajstić information content (AvgIpc) is 2.26. The molecule has 0 aliphatic carbocycles. The molecular weight excluding hydrogens is 316 g/mol. The summed E-state index contributed by atoms with van der Waals surface area (Å²) in [4.78, 5) is 0. The quantitative estimate of drug-likeness (QED) is 0.454. The van der Waals surface area contributed by atoms with E-state index in [1.54, 1.807) is 6.07 Å². The third-order valence-corrected chi connectivity index (χ3v) is 3.37. The predicted molar refractivity (Wildman–Crippen MR) is 75.6 cm³/mol. The lowest BCUT2D eigenvalue weighted by Gasteiger charge is -2.07. The van der Waals surface area contributed by atoms with Crippen LogP contribution in [0.1, 0.15) is 30.4 Å². The first-order valence-corrected chi connectivity index (χ1v) is 7.28. The van der Waals surface area contributed by atoms with Gasteiger partial charge in [-0.1, -0.05) is 35.1 Å². The molecule has 0 radical (unpaired) electrons. The van der Waals surface area contributed by atoms with Crippen molar-refractivity contribution in [1.29, 1.82) is 0 Å². The van der Waals surface area contributed by atoms with Gasteiger partial charge in [0.1, 0.15) is 5.82 Å². The van der Waals surface area contributed by atoms with Crippen LogP contribution in [0.3, 0.4) is 0 Å². The van der Waals surface area contributed by atoms with E-state index in [0.29, 0.717) is 0 Å². The van der Waals surface area contributed by atoms with Gasteiger partial charge in [-0.25, -0.2) is 4.39 Å². The molecule has 0 heterocycles. The fourth-order valence-corrected chi connectivity index (χ4v) is 2.14. The molecule has 0 saturated carbocycles. The van der Waals surface area contributed by atoms with Crippen LogP contribution < -0.4 is 5.32 Å². The minimum absolute atomic E-state index is 0.150. The van der Waals surface area contributed by atoms with Crippen LogP contribution in [0.25, 0.3) is 0 Å². The van der Waals surface area contributed by atoms with Crippen molar-refractivity contribution in [2.75, 3.05) is 11.0 Å². The highest BCUT2D eigenvalue weighted by molar-refractivity contribution is 14.1. The molecule has 3 heteroatoms. The lowest BCUT2D eigenvalue weighted by Crippen LogP contribution is -2.15. The third-order valence-electron chi connectivity index (χ3n) is 2.61. The van der Waals surface area contributed by atoms with E-state index >= 15 is 0 Å².